The first-order valence-corrected chi connectivity index (χ1v) is 8.38. The molecular weight excluding hydrogens is 264 g/mol. The van der Waals surface area contributed by atoms with Crippen molar-refractivity contribution in [3.8, 4) is 0 Å². The summed E-state index contributed by atoms with van der Waals surface area (Å²) in [5.74, 6) is -1.50. The number of rotatable bonds is 6. The topological polar surface area (TPSA) is 88.5 Å². The maximum atomic E-state index is 11.8. The van der Waals surface area contributed by atoms with Crippen LogP contribution in [0.15, 0.2) is 0 Å². The van der Waals surface area contributed by atoms with Crippen LogP contribution in [-0.2, 0) is 25.4 Å². The van der Waals surface area contributed by atoms with Crippen LogP contribution in [0.3, 0.4) is 0 Å². The van der Waals surface area contributed by atoms with Crippen LogP contribution in [0.1, 0.15) is 34.1 Å². The number of carboxylic acids is 1. The van der Waals surface area contributed by atoms with Gasteiger partial charge in [-0.3, -0.25) is 9.00 Å². The Kier molecular flexibility index (Phi) is 5.80. The van der Waals surface area contributed by atoms with E-state index in [1.165, 1.54) is 0 Å². The standard InChI is InChI=1S/C10H20O5S2/c1-5-8(9(11)12)16(13)6-7-17(14,15)10(2,3)4/h8H,5-7H2,1-4H3,(H,11,12). The average molecular weight is 284 g/mol. The first kappa shape index (κ1) is 16.6. The summed E-state index contributed by atoms with van der Waals surface area (Å²) in [5.41, 5.74) is 0. The van der Waals surface area contributed by atoms with Crippen molar-refractivity contribution >= 4 is 26.6 Å². The third kappa shape index (κ3) is 4.75. The van der Waals surface area contributed by atoms with Crippen LogP contribution in [0.5, 0.6) is 0 Å². The van der Waals surface area contributed by atoms with Crippen LogP contribution in [-0.4, -0.2) is 45.2 Å². The van der Waals surface area contributed by atoms with Gasteiger partial charge in [-0.2, -0.15) is 0 Å². The zero-order valence-corrected chi connectivity index (χ0v) is 12.2. The quantitative estimate of drug-likeness (QED) is 0.779. The molecule has 5 nitrogen and oxygen atoms in total. The normalized spacial score (nSPS) is 16.5. The molecule has 2 unspecified atom stereocenters. The van der Waals surface area contributed by atoms with Crippen LogP contribution in [0.4, 0.5) is 0 Å². The lowest BCUT2D eigenvalue weighted by atomic mass is 10.3. The number of sulfone groups is 1. The van der Waals surface area contributed by atoms with Crippen molar-refractivity contribution in [1.82, 2.24) is 0 Å². The van der Waals surface area contributed by atoms with Gasteiger partial charge in [-0.1, -0.05) is 6.92 Å². The van der Waals surface area contributed by atoms with Gasteiger partial charge < -0.3 is 5.11 Å². The summed E-state index contributed by atoms with van der Waals surface area (Å²) < 4.78 is 34.3. The molecule has 0 heterocycles. The van der Waals surface area contributed by atoms with Gasteiger partial charge in [0.1, 0.15) is 5.25 Å². The second-order valence-corrected chi connectivity index (χ2v) is 9.35. The van der Waals surface area contributed by atoms with Gasteiger partial charge in [0.2, 0.25) is 0 Å². The Balaban J connectivity index is 4.60. The third-order valence-electron chi connectivity index (χ3n) is 2.45. The smallest absolute Gasteiger partial charge is 0.319 e. The number of carbonyl (C=O) groups is 1. The van der Waals surface area contributed by atoms with E-state index in [1.807, 2.05) is 0 Å². The van der Waals surface area contributed by atoms with Crippen molar-refractivity contribution in [2.75, 3.05) is 11.5 Å². The van der Waals surface area contributed by atoms with E-state index in [1.54, 1.807) is 27.7 Å². The highest BCUT2D eigenvalue weighted by Crippen LogP contribution is 2.16. The van der Waals surface area contributed by atoms with Crippen molar-refractivity contribution in [2.45, 2.75) is 44.1 Å². The highest BCUT2D eigenvalue weighted by Gasteiger charge is 2.31. The molecule has 0 bridgehead atoms. The first-order chi connectivity index (χ1) is 7.53. The van der Waals surface area contributed by atoms with Gasteiger partial charge in [-0.25, -0.2) is 8.42 Å². The first-order valence-electron chi connectivity index (χ1n) is 5.35. The minimum Gasteiger partial charge on any atom is -0.480 e. The molecule has 0 radical (unpaired) electrons. The van der Waals surface area contributed by atoms with E-state index >= 15 is 0 Å². The summed E-state index contributed by atoms with van der Waals surface area (Å²) in [4.78, 5) is 10.8. The molecule has 0 saturated carbocycles. The van der Waals surface area contributed by atoms with Crippen molar-refractivity contribution in [2.24, 2.45) is 0 Å². The molecule has 0 rings (SSSR count). The van der Waals surface area contributed by atoms with Crippen molar-refractivity contribution in [3.05, 3.63) is 0 Å². The predicted octanol–water partition coefficient (Wildman–Crippen LogP) is 0.812. The predicted molar refractivity (Wildman–Crippen MR) is 68.3 cm³/mol. The Bertz CT molecular complexity index is 391. The molecule has 0 spiro atoms. The van der Waals surface area contributed by atoms with Gasteiger partial charge in [0.15, 0.2) is 9.84 Å². The Labute approximate surface area is 105 Å². The fourth-order valence-corrected chi connectivity index (χ4v) is 4.14. The molecule has 0 aliphatic carbocycles. The molecule has 0 aromatic rings. The fourth-order valence-electron chi connectivity index (χ4n) is 1.11. The lowest BCUT2D eigenvalue weighted by Gasteiger charge is -2.19. The van der Waals surface area contributed by atoms with Gasteiger partial charge in [0.25, 0.3) is 0 Å². The molecule has 17 heavy (non-hydrogen) atoms. The summed E-state index contributed by atoms with van der Waals surface area (Å²) in [6.07, 6.45) is 0.234. The minimum atomic E-state index is -3.35. The summed E-state index contributed by atoms with van der Waals surface area (Å²) in [7, 11) is -4.99. The Morgan fingerprint density at radius 3 is 2.12 bits per heavy atom. The summed E-state index contributed by atoms with van der Waals surface area (Å²) >= 11 is 0. The lowest BCUT2D eigenvalue weighted by molar-refractivity contribution is -0.136. The second kappa shape index (κ2) is 5.95. The minimum absolute atomic E-state index is 0.121. The van der Waals surface area contributed by atoms with Crippen molar-refractivity contribution in [3.63, 3.8) is 0 Å². The summed E-state index contributed by atoms with van der Waals surface area (Å²) in [6.45, 7) is 6.33. The van der Waals surface area contributed by atoms with Gasteiger partial charge >= 0.3 is 5.97 Å². The van der Waals surface area contributed by atoms with E-state index in [2.05, 4.69) is 0 Å². The third-order valence-corrected chi connectivity index (χ3v) is 7.09. The Hall–Kier alpha value is -0.430. The number of aliphatic carboxylic acids is 1. The number of hydrogen-bond donors (Lipinski definition) is 1. The zero-order chi connectivity index (χ0) is 13.9. The Morgan fingerprint density at radius 1 is 1.35 bits per heavy atom. The van der Waals surface area contributed by atoms with Crippen LogP contribution in [0.25, 0.3) is 0 Å². The van der Waals surface area contributed by atoms with E-state index in [0.29, 0.717) is 0 Å². The van der Waals surface area contributed by atoms with Gasteiger partial charge in [-0.05, 0) is 27.2 Å². The highest BCUT2D eigenvalue weighted by molar-refractivity contribution is 7.94. The zero-order valence-electron chi connectivity index (χ0n) is 10.6. The number of carboxylic acid groups (broad SMARTS) is 1. The molecule has 0 aliphatic heterocycles. The molecule has 0 aromatic heterocycles. The lowest BCUT2D eigenvalue weighted by Crippen LogP contribution is -2.35. The van der Waals surface area contributed by atoms with Crippen LogP contribution in [0, 0.1) is 0 Å². The largest absolute Gasteiger partial charge is 0.480 e. The average Bonchev–Trinajstić information content (AvgIpc) is 2.13. The van der Waals surface area contributed by atoms with Crippen LogP contribution < -0.4 is 0 Å². The molecule has 0 fully saturated rings. The molecule has 2 atom stereocenters. The molecular formula is C10H20O5S2. The molecule has 7 heteroatoms. The van der Waals surface area contributed by atoms with Gasteiger partial charge in [-0.15, -0.1) is 0 Å². The van der Waals surface area contributed by atoms with Gasteiger partial charge in [0, 0.05) is 16.6 Å². The molecule has 102 valence electrons. The maximum absolute atomic E-state index is 11.8. The van der Waals surface area contributed by atoms with E-state index < -0.39 is 36.6 Å². The SMILES string of the molecule is CCC(C(=O)O)S(=O)CCS(=O)(=O)C(C)(C)C. The monoisotopic (exact) mass is 284 g/mol. The molecule has 0 saturated heterocycles. The van der Waals surface area contributed by atoms with Crippen molar-refractivity contribution in [1.29, 1.82) is 0 Å². The van der Waals surface area contributed by atoms with Crippen LogP contribution in [0.2, 0.25) is 0 Å². The number of hydrogen-bond acceptors (Lipinski definition) is 4. The maximum Gasteiger partial charge on any atom is 0.319 e. The molecule has 0 aliphatic rings. The fraction of sp³-hybridized carbons (Fsp3) is 0.900. The molecule has 0 aromatic carbocycles. The van der Waals surface area contributed by atoms with Gasteiger partial charge in [0.05, 0.1) is 10.5 Å². The second-order valence-electron chi connectivity index (χ2n) is 4.75. The molecule has 0 amide bonds. The van der Waals surface area contributed by atoms with E-state index in [4.69, 9.17) is 5.11 Å². The van der Waals surface area contributed by atoms with E-state index in [-0.39, 0.29) is 17.9 Å². The van der Waals surface area contributed by atoms with Crippen molar-refractivity contribution < 1.29 is 22.5 Å². The molecule has 1 N–H and O–H groups in total. The van der Waals surface area contributed by atoms with Crippen LogP contribution >= 0.6 is 0 Å². The highest BCUT2D eigenvalue weighted by atomic mass is 32.2. The Morgan fingerprint density at radius 2 is 1.82 bits per heavy atom. The van der Waals surface area contributed by atoms with E-state index in [0.717, 1.165) is 0 Å². The van der Waals surface area contributed by atoms with E-state index in [9.17, 15) is 17.4 Å². The summed E-state index contributed by atoms with van der Waals surface area (Å²) in [6, 6.07) is 0. The summed E-state index contributed by atoms with van der Waals surface area (Å²) in [5, 5.41) is 7.81.